The Morgan fingerprint density at radius 3 is 2.91 bits per heavy atom. The van der Waals surface area contributed by atoms with Crippen LogP contribution in [0.5, 0.6) is 0 Å². The van der Waals surface area contributed by atoms with E-state index in [1.165, 1.54) is 12.0 Å². The molecule has 0 saturated carbocycles. The zero-order valence-electron chi connectivity index (χ0n) is 13.3. The van der Waals surface area contributed by atoms with Crippen LogP contribution >= 0.6 is 0 Å². The molecule has 0 N–H and O–H groups in total. The highest BCUT2D eigenvalue weighted by atomic mass is 15.2. The van der Waals surface area contributed by atoms with Gasteiger partial charge in [-0.15, -0.1) is 0 Å². The van der Waals surface area contributed by atoms with Gasteiger partial charge in [-0.1, -0.05) is 6.07 Å². The third kappa shape index (κ3) is 3.67. The van der Waals surface area contributed by atoms with Gasteiger partial charge in [-0.25, -0.2) is 0 Å². The van der Waals surface area contributed by atoms with Crippen LogP contribution < -0.4 is 0 Å². The molecule has 0 amide bonds. The van der Waals surface area contributed by atoms with Crippen LogP contribution in [0.15, 0.2) is 36.9 Å². The Kier molecular flexibility index (Phi) is 4.75. The van der Waals surface area contributed by atoms with Gasteiger partial charge in [0.1, 0.15) is 0 Å². The molecule has 0 aromatic carbocycles. The first-order valence-electron chi connectivity index (χ1n) is 7.81. The number of likely N-dealkylation sites (tertiary alicyclic amines) is 1. The highest BCUT2D eigenvalue weighted by Crippen LogP contribution is 2.31. The molecule has 116 valence electrons. The van der Waals surface area contributed by atoms with E-state index in [4.69, 9.17) is 4.98 Å². The summed E-state index contributed by atoms with van der Waals surface area (Å²) >= 11 is 0. The van der Waals surface area contributed by atoms with Gasteiger partial charge in [0.25, 0.3) is 0 Å². The second kappa shape index (κ2) is 6.94. The highest BCUT2D eigenvalue weighted by Gasteiger charge is 2.27. The smallest absolute Gasteiger partial charge is 0.0762 e. The molecule has 22 heavy (non-hydrogen) atoms. The second-order valence-electron chi connectivity index (χ2n) is 6.16. The Balaban J connectivity index is 1.75. The summed E-state index contributed by atoms with van der Waals surface area (Å²) in [5.41, 5.74) is 3.39. The van der Waals surface area contributed by atoms with Crippen LogP contribution in [0.25, 0.3) is 0 Å². The normalized spacial score (nSPS) is 19.0. The van der Waals surface area contributed by atoms with E-state index < -0.39 is 0 Å². The van der Waals surface area contributed by atoms with Crippen molar-refractivity contribution < 1.29 is 0 Å². The molecule has 0 bridgehead atoms. The Hall–Kier alpha value is -1.85. The van der Waals surface area contributed by atoms with Crippen molar-refractivity contribution in [3.63, 3.8) is 0 Å². The van der Waals surface area contributed by atoms with E-state index in [-0.39, 0.29) is 0 Å². The molecule has 0 spiro atoms. The minimum Gasteiger partial charge on any atom is -0.304 e. The first kappa shape index (κ1) is 15.1. The van der Waals surface area contributed by atoms with Gasteiger partial charge >= 0.3 is 0 Å². The lowest BCUT2D eigenvalue weighted by molar-refractivity contribution is 0.243. The summed E-state index contributed by atoms with van der Waals surface area (Å²) in [6, 6.07) is 4.50. The van der Waals surface area contributed by atoms with E-state index in [1.807, 2.05) is 30.9 Å². The first-order chi connectivity index (χ1) is 10.7. The van der Waals surface area contributed by atoms with Crippen LogP contribution in [0.4, 0.5) is 0 Å². The minimum absolute atomic E-state index is 0.370. The lowest BCUT2D eigenvalue weighted by Gasteiger charge is -2.24. The third-order valence-corrected chi connectivity index (χ3v) is 3.99. The fraction of sp³-hybridized carbons (Fsp3) is 0.471. The topological polar surface area (TPSA) is 45.2 Å². The van der Waals surface area contributed by atoms with E-state index in [0.717, 1.165) is 37.4 Å². The predicted octanol–water partition coefficient (Wildman–Crippen LogP) is 2.27. The van der Waals surface area contributed by atoms with Crippen LogP contribution in [0.3, 0.4) is 0 Å². The molecule has 3 rings (SSSR count). The SMILES string of the molecule is CN(C)Cc1cncc([C@H]2CCCN2Cc2cccnc2)n1. The molecule has 1 aliphatic heterocycles. The number of nitrogens with zero attached hydrogens (tertiary/aromatic N) is 5. The maximum absolute atomic E-state index is 4.83. The molecule has 0 radical (unpaired) electrons. The molecular formula is C17H23N5. The van der Waals surface area contributed by atoms with Crippen molar-refractivity contribution >= 4 is 0 Å². The Morgan fingerprint density at radius 1 is 1.23 bits per heavy atom. The minimum atomic E-state index is 0.370. The molecule has 3 heterocycles. The second-order valence-corrected chi connectivity index (χ2v) is 6.16. The van der Waals surface area contributed by atoms with Crippen LogP contribution in [-0.4, -0.2) is 45.4 Å². The number of hydrogen-bond donors (Lipinski definition) is 0. The maximum Gasteiger partial charge on any atom is 0.0762 e. The number of rotatable bonds is 5. The molecule has 5 heteroatoms. The van der Waals surface area contributed by atoms with Crippen molar-refractivity contribution in [2.45, 2.75) is 32.0 Å². The Bertz CT molecular complexity index is 599. The van der Waals surface area contributed by atoms with Crippen molar-refractivity contribution in [1.29, 1.82) is 0 Å². The lowest BCUT2D eigenvalue weighted by Crippen LogP contribution is -2.24. The zero-order chi connectivity index (χ0) is 15.4. The van der Waals surface area contributed by atoms with Gasteiger partial charge in [-0.05, 0) is 45.1 Å². The van der Waals surface area contributed by atoms with E-state index in [9.17, 15) is 0 Å². The lowest BCUT2D eigenvalue weighted by atomic mass is 10.1. The van der Waals surface area contributed by atoms with E-state index in [0.29, 0.717) is 6.04 Å². The Labute approximate surface area is 132 Å². The highest BCUT2D eigenvalue weighted by molar-refractivity contribution is 5.13. The summed E-state index contributed by atoms with van der Waals surface area (Å²) < 4.78 is 0. The molecule has 0 unspecified atom stereocenters. The zero-order valence-corrected chi connectivity index (χ0v) is 13.3. The fourth-order valence-corrected chi connectivity index (χ4v) is 3.06. The van der Waals surface area contributed by atoms with Crippen LogP contribution in [-0.2, 0) is 13.1 Å². The summed E-state index contributed by atoms with van der Waals surface area (Å²) in [6.45, 7) is 2.87. The van der Waals surface area contributed by atoms with Gasteiger partial charge in [0, 0.05) is 37.9 Å². The molecular weight excluding hydrogens is 274 g/mol. The van der Waals surface area contributed by atoms with E-state index in [1.54, 1.807) is 0 Å². The molecule has 1 atom stereocenters. The van der Waals surface area contributed by atoms with E-state index >= 15 is 0 Å². The van der Waals surface area contributed by atoms with Gasteiger partial charge < -0.3 is 4.90 Å². The van der Waals surface area contributed by atoms with Gasteiger partial charge in [0.05, 0.1) is 17.4 Å². The fourth-order valence-electron chi connectivity index (χ4n) is 3.06. The van der Waals surface area contributed by atoms with Crippen molar-refractivity contribution in [2.24, 2.45) is 0 Å². The molecule has 0 aliphatic carbocycles. The van der Waals surface area contributed by atoms with Crippen LogP contribution in [0.1, 0.15) is 35.8 Å². The average molecular weight is 297 g/mol. The first-order valence-corrected chi connectivity index (χ1v) is 7.81. The van der Waals surface area contributed by atoms with Crippen molar-refractivity contribution in [2.75, 3.05) is 20.6 Å². The number of hydrogen-bond acceptors (Lipinski definition) is 5. The van der Waals surface area contributed by atoms with E-state index in [2.05, 4.69) is 39.9 Å². The molecule has 5 nitrogen and oxygen atoms in total. The summed E-state index contributed by atoms with van der Waals surface area (Å²) in [4.78, 5) is 18.0. The molecule has 1 fully saturated rings. The van der Waals surface area contributed by atoms with Crippen LogP contribution in [0.2, 0.25) is 0 Å². The standard InChI is InChI=1S/C17H23N5/c1-21(2)13-15-10-19-11-16(20-15)17-6-4-8-22(17)12-14-5-3-7-18-9-14/h3,5,7,9-11,17H,4,6,8,12-13H2,1-2H3/t17-/m1/s1. The molecule has 2 aromatic heterocycles. The molecule has 2 aromatic rings. The molecule has 1 saturated heterocycles. The predicted molar refractivity (Wildman–Crippen MR) is 86.0 cm³/mol. The van der Waals surface area contributed by atoms with Crippen LogP contribution in [0, 0.1) is 0 Å². The summed E-state index contributed by atoms with van der Waals surface area (Å²) in [5.74, 6) is 0. The summed E-state index contributed by atoms with van der Waals surface area (Å²) in [6.07, 6.45) is 9.92. The average Bonchev–Trinajstić information content (AvgIpc) is 2.96. The van der Waals surface area contributed by atoms with Gasteiger partial charge in [0.2, 0.25) is 0 Å². The largest absolute Gasteiger partial charge is 0.304 e. The number of aromatic nitrogens is 3. The maximum atomic E-state index is 4.83. The van der Waals surface area contributed by atoms with Gasteiger partial charge in [-0.3, -0.25) is 19.9 Å². The number of pyridine rings is 1. The van der Waals surface area contributed by atoms with Gasteiger partial charge in [-0.2, -0.15) is 0 Å². The Morgan fingerprint density at radius 2 is 2.14 bits per heavy atom. The summed E-state index contributed by atoms with van der Waals surface area (Å²) in [7, 11) is 4.11. The summed E-state index contributed by atoms with van der Waals surface area (Å²) in [5, 5.41) is 0. The van der Waals surface area contributed by atoms with Gasteiger partial charge in [0.15, 0.2) is 0 Å². The van der Waals surface area contributed by atoms with Crippen molar-refractivity contribution in [3.05, 3.63) is 53.9 Å². The quantitative estimate of drug-likeness (QED) is 0.847. The van der Waals surface area contributed by atoms with Crippen molar-refractivity contribution in [1.82, 2.24) is 24.8 Å². The third-order valence-electron chi connectivity index (χ3n) is 3.99. The monoisotopic (exact) mass is 297 g/mol. The van der Waals surface area contributed by atoms with Crippen molar-refractivity contribution in [3.8, 4) is 0 Å². The molecule has 1 aliphatic rings.